The van der Waals surface area contributed by atoms with Gasteiger partial charge < -0.3 is 47.0 Å². The van der Waals surface area contributed by atoms with E-state index >= 15 is 0 Å². The molecule has 6 atom stereocenters. The van der Waals surface area contributed by atoms with Gasteiger partial charge in [0.15, 0.2) is 0 Å². The summed E-state index contributed by atoms with van der Waals surface area (Å²) in [5.41, 5.74) is 7.14. The maximum atomic E-state index is 14.0. The lowest BCUT2D eigenvalue weighted by Gasteiger charge is -2.33. The Kier molecular flexibility index (Phi) is 17.4. The lowest BCUT2D eigenvalue weighted by Crippen LogP contribution is -2.60. The van der Waals surface area contributed by atoms with Crippen LogP contribution in [0, 0.1) is 5.92 Å². The molecule has 14 nitrogen and oxygen atoms in total. The summed E-state index contributed by atoms with van der Waals surface area (Å²) in [4.78, 5) is 67.0. The van der Waals surface area contributed by atoms with Crippen molar-refractivity contribution < 1.29 is 44.4 Å². The largest absolute Gasteiger partial charge is 0.508 e. The van der Waals surface area contributed by atoms with Gasteiger partial charge in [0.25, 0.3) is 5.91 Å². The van der Waals surface area contributed by atoms with Gasteiger partial charge in [-0.25, -0.2) is 4.79 Å². The maximum absolute atomic E-state index is 14.0. The summed E-state index contributed by atoms with van der Waals surface area (Å²) in [6.07, 6.45) is 3.68. The Hall–Kier alpha value is -4.69. The number of benzene rings is 2. The number of likely N-dealkylation sites (N-methyl/N-ethyl adjacent to an activating group) is 1. The number of aliphatic carboxylic acids is 1. The van der Waals surface area contributed by atoms with Gasteiger partial charge in [0.2, 0.25) is 17.7 Å². The first-order valence-corrected chi connectivity index (χ1v) is 17.5. The van der Waals surface area contributed by atoms with E-state index in [1.165, 1.54) is 50.4 Å². The van der Waals surface area contributed by atoms with E-state index in [0.29, 0.717) is 17.5 Å². The minimum absolute atomic E-state index is 0.00220. The van der Waals surface area contributed by atoms with Gasteiger partial charge in [-0.3, -0.25) is 19.2 Å². The molecule has 2 rings (SSSR count). The summed E-state index contributed by atoms with van der Waals surface area (Å²) in [6, 6.07) is 6.12. The molecule has 9 N–H and O–H groups in total. The van der Waals surface area contributed by atoms with Gasteiger partial charge >= 0.3 is 5.97 Å². The quantitative estimate of drug-likeness (QED) is 0.0877. The molecule has 0 saturated carbocycles. The lowest BCUT2D eigenvalue weighted by atomic mass is 9.98. The molecule has 4 amide bonds. The van der Waals surface area contributed by atoms with Crippen molar-refractivity contribution >= 4 is 29.6 Å². The minimum Gasteiger partial charge on any atom is -0.508 e. The molecule has 2 aromatic rings. The van der Waals surface area contributed by atoms with Crippen molar-refractivity contribution in [3.05, 3.63) is 59.7 Å². The van der Waals surface area contributed by atoms with Crippen LogP contribution < -0.4 is 21.7 Å². The molecule has 0 aliphatic rings. The molecular weight excluding hydrogens is 658 g/mol. The van der Waals surface area contributed by atoms with Gasteiger partial charge in [-0.2, -0.15) is 0 Å². The molecule has 51 heavy (non-hydrogen) atoms. The van der Waals surface area contributed by atoms with Gasteiger partial charge in [0, 0.05) is 25.9 Å². The number of rotatable bonds is 21. The first kappa shape index (κ1) is 42.5. The zero-order valence-corrected chi connectivity index (χ0v) is 30.2. The Bertz CT molecular complexity index is 1430. The van der Waals surface area contributed by atoms with E-state index < -0.39 is 71.8 Å². The molecule has 2 aromatic carbocycles. The Morgan fingerprint density at radius 2 is 1.27 bits per heavy atom. The molecular formula is C37H55N5O9. The fourth-order valence-corrected chi connectivity index (χ4v) is 5.46. The topological polar surface area (TPSA) is 232 Å². The SMILES string of the molecule is CCCCCCCC(N)C(O)C(=O)NC(C)C(=O)NC(C(=O)N(C)C(Cc1ccc(O)cc1)C(=O)NC(Cc1ccc(O)cc1)C(=O)O)C(C)C. The van der Waals surface area contributed by atoms with Crippen LogP contribution in [-0.2, 0) is 36.8 Å². The van der Waals surface area contributed by atoms with Crippen LogP contribution in [-0.4, -0.2) is 98.3 Å². The molecule has 0 bridgehead atoms. The van der Waals surface area contributed by atoms with Crippen LogP contribution in [0.5, 0.6) is 11.5 Å². The molecule has 0 spiro atoms. The van der Waals surface area contributed by atoms with Crippen molar-refractivity contribution in [1.29, 1.82) is 0 Å². The van der Waals surface area contributed by atoms with Crippen molar-refractivity contribution in [3.8, 4) is 11.5 Å². The highest BCUT2D eigenvalue weighted by atomic mass is 16.4. The van der Waals surface area contributed by atoms with Gasteiger partial charge in [-0.05, 0) is 54.7 Å². The Morgan fingerprint density at radius 3 is 1.78 bits per heavy atom. The zero-order valence-electron chi connectivity index (χ0n) is 30.2. The van der Waals surface area contributed by atoms with Gasteiger partial charge in [0.1, 0.15) is 41.8 Å². The number of carboxylic acids is 1. The highest BCUT2D eigenvalue weighted by Gasteiger charge is 2.36. The number of aliphatic hydroxyl groups excluding tert-OH is 1. The third-order valence-electron chi connectivity index (χ3n) is 8.77. The second-order valence-corrected chi connectivity index (χ2v) is 13.4. The number of nitrogens with two attached hydrogens (primary N) is 1. The minimum atomic E-state index is -1.53. The second kappa shape index (κ2) is 20.9. The fraction of sp³-hybridized carbons (Fsp3) is 0.541. The number of nitrogens with one attached hydrogen (secondary N) is 3. The van der Waals surface area contributed by atoms with E-state index in [4.69, 9.17) is 5.73 Å². The smallest absolute Gasteiger partial charge is 0.326 e. The number of hydrogen-bond donors (Lipinski definition) is 8. The Morgan fingerprint density at radius 1 is 0.745 bits per heavy atom. The number of amides is 4. The molecule has 0 fully saturated rings. The van der Waals surface area contributed by atoms with Crippen molar-refractivity contribution in [2.24, 2.45) is 11.7 Å². The molecule has 6 unspecified atom stereocenters. The normalized spacial score (nSPS) is 14.7. The predicted molar refractivity (Wildman–Crippen MR) is 191 cm³/mol. The summed E-state index contributed by atoms with van der Waals surface area (Å²) >= 11 is 0. The molecule has 0 aromatic heterocycles. The van der Waals surface area contributed by atoms with E-state index in [1.54, 1.807) is 26.0 Å². The van der Waals surface area contributed by atoms with E-state index in [9.17, 15) is 44.4 Å². The van der Waals surface area contributed by atoms with Crippen LogP contribution >= 0.6 is 0 Å². The van der Waals surface area contributed by atoms with Crippen molar-refractivity contribution in [2.45, 2.75) is 115 Å². The van der Waals surface area contributed by atoms with Crippen LogP contribution in [0.1, 0.15) is 77.3 Å². The van der Waals surface area contributed by atoms with E-state index in [2.05, 4.69) is 22.9 Å². The van der Waals surface area contributed by atoms with Crippen LogP contribution in [0.25, 0.3) is 0 Å². The summed E-state index contributed by atoms with van der Waals surface area (Å²) in [5, 5.41) is 47.4. The average Bonchev–Trinajstić information content (AvgIpc) is 3.09. The number of aliphatic hydroxyl groups is 1. The van der Waals surface area contributed by atoms with Gasteiger partial charge in [-0.15, -0.1) is 0 Å². The third kappa shape index (κ3) is 13.9. The maximum Gasteiger partial charge on any atom is 0.326 e. The molecule has 0 saturated heterocycles. The van der Waals surface area contributed by atoms with E-state index in [-0.39, 0.29) is 24.3 Å². The van der Waals surface area contributed by atoms with Crippen LogP contribution in [0.15, 0.2) is 48.5 Å². The molecule has 0 aliphatic carbocycles. The third-order valence-corrected chi connectivity index (χ3v) is 8.77. The first-order chi connectivity index (χ1) is 24.0. The van der Waals surface area contributed by atoms with Gasteiger partial charge in [0.05, 0.1) is 0 Å². The van der Waals surface area contributed by atoms with Crippen LogP contribution in [0.2, 0.25) is 0 Å². The Balaban J connectivity index is 2.20. The predicted octanol–water partition coefficient (Wildman–Crippen LogP) is 1.97. The standard InChI is InChI=1S/C37H55N5O9/c1-6-7-8-9-10-11-28(38)32(45)35(48)39-23(4)33(46)41-31(22(2)3)36(49)42(5)30(21-25-14-18-27(44)19-15-25)34(47)40-29(37(50)51)20-24-12-16-26(43)17-13-24/h12-19,22-23,28-32,43-45H,6-11,20-21,38H2,1-5H3,(H,39,48)(H,40,47)(H,41,46)(H,50,51). The second-order valence-electron chi connectivity index (χ2n) is 13.4. The molecule has 0 aliphatic heterocycles. The highest BCUT2D eigenvalue weighted by molar-refractivity contribution is 5.95. The monoisotopic (exact) mass is 713 g/mol. The number of phenols is 2. The Labute approximate surface area is 299 Å². The summed E-state index contributed by atoms with van der Waals surface area (Å²) < 4.78 is 0. The summed E-state index contributed by atoms with van der Waals surface area (Å²) in [6.45, 7) is 6.89. The fourth-order valence-electron chi connectivity index (χ4n) is 5.46. The number of aromatic hydroxyl groups is 2. The highest BCUT2D eigenvalue weighted by Crippen LogP contribution is 2.17. The van der Waals surface area contributed by atoms with Crippen LogP contribution in [0.3, 0.4) is 0 Å². The lowest BCUT2D eigenvalue weighted by molar-refractivity contribution is -0.145. The van der Waals surface area contributed by atoms with Crippen molar-refractivity contribution in [2.75, 3.05) is 7.05 Å². The summed E-state index contributed by atoms with van der Waals surface area (Å²) in [7, 11) is 1.37. The number of nitrogens with zero attached hydrogens (tertiary/aromatic N) is 1. The molecule has 0 radical (unpaired) electrons. The number of carbonyl (C=O) groups excluding carboxylic acids is 4. The molecule has 0 heterocycles. The average molecular weight is 714 g/mol. The van der Waals surface area contributed by atoms with Crippen molar-refractivity contribution in [3.63, 3.8) is 0 Å². The molecule has 282 valence electrons. The van der Waals surface area contributed by atoms with Gasteiger partial charge in [-0.1, -0.05) is 77.1 Å². The number of carbonyl (C=O) groups is 5. The number of unbranched alkanes of at least 4 members (excludes halogenated alkanes) is 4. The zero-order chi connectivity index (χ0) is 38.2. The van der Waals surface area contributed by atoms with Crippen LogP contribution in [0.4, 0.5) is 0 Å². The number of carboxylic acid groups (broad SMARTS) is 1. The van der Waals surface area contributed by atoms with E-state index in [0.717, 1.165) is 37.0 Å². The van der Waals surface area contributed by atoms with E-state index in [1.807, 2.05) is 0 Å². The van der Waals surface area contributed by atoms with Crippen molar-refractivity contribution in [1.82, 2.24) is 20.9 Å². The first-order valence-electron chi connectivity index (χ1n) is 17.5. The molecule has 14 heteroatoms. The summed E-state index contributed by atoms with van der Waals surface area (Å²) in [5.74, 6) is -4.73. The number of phenolic OH excluding ortho intramolecular Hbond substituents is 2. The number of hydrogen-bond acceptors (Lipinski definition) is 9.